The number of nitrogens with one attached hydrogen (secondary N) is 7. The van der Waals surface area contributed by atoms with Gasteiger partial charge in [0, 0.05) is 175 Å². The normalized spacial score (nSPS) is 20.0. The molecule has 20 rings (SSSR count). The molecule has 0 radical (unpaired) electrons. The number of aliphatic hydroxyl groups is 2. The molecule has 5 aliphatic rings. The van der Waals surface area contributed by atoms with Gasteiger partial charge in [-0.15, -0.1) is 0 Å². The number of aryl methyl sites for hydroxylation is 2. The van der Waals surface area contributed by atoms with E-state index >= 15 is 4.39 Å². The third-order valence-corrected chi connectivity index (χ3v) is 31.2. The Morgan fingerprint density at radius 1 is 0.473 bits per heavy atom. The van der Waals surface area contributed by atoms with Crippen molar-refractivity contribution < 1.29 is 77.7 Å². The summed E-state index contributed by atoms with van der Waals surface area (Å²) in [5.74, 6) is -3.49. The molecule has 13 aromatic heterocycles. The van der Waals surface area contributed by atoms with Crippen LogP contribution >= 0.6 is 58.0 Å². The Labute approximate surface area is 883 Å². The maximum atomic E-state index is 15.0. The number of halogens is 10. The van der Waals surface area contributed by atoms with E-state index in [4.69, 9.17) is 62.4 Å². The van der Waals surface area contributed by atoms with E-state index in [1.54, 1.807) is 60.9 Å². The van der Waals surface area contributed by atoms with Crippen molar-refractivity contribution in [1.82, 2.24) is 87.7 Å². The van der Waals surface area contributed by atoms with Crippen LogP contribution in [0.15, 0.2) is 163 Å². The number of pyridine rings is 4. The van der Waals surface area contributed by atoms with Gasteiger partial charge in [0.1, 0.15) is 34.1 Å². The number of carboxylic acid groups (broad SMARTS) is 1. The Hall–Kier alpha value is -13.3. The van der Waals surface area contributed by atoms with Gasteiger partial charge in [-0.3, -0.25) is 14.4 Å². The van der Waals surface area contributed by atoms with Gasteiger partial charge in [-0.25, -0.2) is 116 Å². The minimum Gasteiger partial charge on any atom is -0.479 e. The van der Waals surface area contributed by atoms with Crippen LogP contribution in [0.5, 0.6) is 0 Å². The number of aliphatic carboxylic acids is 1. The highest BCUT2D eigenvalue weighted by Crippen LogP contribution is 2.42. The fourth-order valence-corrected chi connectivity index (χ4v) is 23.5. The summed E-state index contributed by atoms with van der Waals surface area (Å²) >= 11 is 30.0. The molecule has 784 valence electrons. The van der Waals surface area contributed by atoms with E-state index in [0.29, 0.717) is 166 Å². The fraction of sp³-hybridized carbons (Fsp3) is 0.356. The Morgan fingerprint density at radius 3 is 1.21 bits per heavy atom. The van der Waals surface area contributed by atoms with Crippen LogP contribution in [0, 0.1) is 54.3 Å². The SMILES string of the molecule is CCCC(=O)C1(O)CCCC(Nc2nc(-c3c[nH]c4ncc(Cl)cc34)ncc2F)C1.Cc1ccc(S(=O)(=O)n2cc(-c3ncc(F)c(NC4CCCC(=O)C4)n3)c3cc(Cl)cnc32)cc1.Cc1ccc(S(=O)(=O)n2cc(-c3ncc(F)c(NC4CCCC(C#N)(O[Si](C)(C)C)C4)n3)c3cc(Cl)cnc32)cc1.O=C(O)[C@@]1(O)CCCC(Nc2nc(-c3c[nH]c4ncc(Cl)cc34)ncc2F)C1.O=C1CCCC(Nc2nc(Cl)ncc2F)C1. The molecule has 2 aromatic carbocycles. The number of hydrogen-bond donors (Lipinski definition) is 10. The van der Waals surface area contributed by atoms with Crippen LogP contribution in [0.25, 0.3) is 89.7 Å². The highest BCUT2D eigenvalue weighted by Gasteiger charge is 2.45. The maximum Gasteiger partial charge on any atom is 0.335 e. The molecule has 36 nitrogen and oxygen atoms in total. The monoisotopic (exact) mass is 2200 g/mol. The molecule has 0 saturated heterocycles. The highest BCUT2D eigenvalue weighted by molar-refractivity contribution is 7.90. The lowest BCUT2D eigenvalue weighted by Gasteiger charge is -2.40. The number of nitriles is 1. The molecule has 5 aliphatic carbocycles. The maximum absolute atomic E-state index is 15.0. The van der Waals surface area contributed by atoms with Crippen molar-refractivity contribution in [2.75, 3.05) is 26.6 Å². The number of carbonyl (C=O) groups is 4. The van der Waals surface area contributed by atoms with Crippen LogP contribution < -0.4 is 26.6 Å². The predicted molar refractivity (Wildman–Crippen MR) is 560 cm³/mol. The number of anilines is 5. The topological polar surface area (TPSA) is 512 Å². The lowest BCUT2D eigenvalue weighted by molar-refractivity contribution is -0.162. The first-order chi connectivity index (χ1) is 71.4. The van der Waals surface area contributed by atoms with Gasteiger partial charge in [-0.2, -0.15) is 10.2 Å². The van der Waals surface area contributed by atoms with Crippen molar-refractivity contribution in [3.05, 3.63) is 219 Å². The number of aromatic nitrogens is 18. The summed E-state index contributed by atoms with van der Waals surface area (Å²) in [6.45, 7) is 11.8. The smallest absolute Gasteiger partial charge is 0.335 e. The second kappa shape index (κ2) is 46.2. The van der Waals surface area contributed by atoms with Crippen LogP contribution in [0.2, 0.25) is 45.0 Å². The average molecular weight is 2210 g/mol. The molecule has 10 N–H and O–H groups in total. The first-order valence-corrected chi connectivity index (χ1v) is 56.3. The number of fused-ring (bicyclic) bond motifs is 4. The molecule has 0 spiro atoms. The van der Waals surface area contributed by atoms with Crippen LogP contribution in [0.1, 0.15) is 159 Å². The number of carboxylic acids is 1. The number of aromatic amines is 2. The minimum atomic E-state index is -4.03. The molecule has 15 aromatic rings. The van der Waals surface area contributed by atoms with Crippen molar-refractivity contribution in [3.8, 4) is 51.6 Å². The van der Waals surface area contributed by atoms with Gasteiger partial charge >= 0.3 is 5.97 Å². The lowest BCUT2D eigenvalue weighted by atomic mass is 9.78. The summed E-state index contributed by atoms with van der Waals surface area (Å²) in [6, 6.07) is 20.7. The van der Waals surface area contributed by atoms with Gasteiger partial charge in [0.2, 0.25) is 5.28 Å². The first kappa shape index (κ1) is 109. The van der Waals surface area contributed by atoms with Crippen LogP contribution in [-0.4, -0.2) is 198 Å². The Kier molecular flexibility index (Phi) is 33.7. The third kappa shape index (κ3) is 25.8. The Morgan fingerprint density at radius 2 is 0.820 bits per heavy atom. The number of nitrogens with zero attached hydrogens (tertiary/aromatic N) is 17. The highest BCUT2D eigenvalue weighted by atomic mass is 35.5. The molecule has 49 heteroatoms. The van der Waals surface area contributed by atoms with Gasteiger partial charge < -0.3 is 56.3 Å². The molecule has 8 atom stereocenters. The van der Waals surface area contributed by atoms with E-state index in [0.717, 1.165) is 87.5 Å². The van der Waals surface area contributed by atoms with Gasteiger partial charge in [-0.05, 0) is 184 Å². The number of H-pyrrole nitrogens is 2. The van der Waals surface area contributed by atoms with Gasteiger partial charge in [0.25, 0.3) is 20.0 Å². The molecule has 5 saturated carbocycles. The molecular formula is C101H102Cl5F5N24O12S2Si. The molecule has 0 aliphatic heterocycles. The van der Waals surface area contributed by atoms with E-state index in [2.05, 4.69) is 112 Å². The zero-order valence-corrected chi connectivity index (χ0v) is 88.0. The number of hydrogen-bond acceptors (Lipinski definition) is 31. The molecule has 150 heavy (non-hydrogen) atoms. The second-order valence-corrected chi connectivity index (χ2v) is 48.5. The largest absolute Gasteiger partial charge is 0.479 e. The fourth-order valence-electron chi connectivity index (χ4n) is 18.7. The van der Waals surface area contributed by atoms with Crippen molar-refractivity contribution in [2.24, 2.45) is 0 Å². The molecule has 0 amide bonds. The number of Topliss-reactive ketones (excluding diaryl/α,β-unsaturated/α-hetero) is 3. The van der Waals surface area contributed by atoms with Gasteiger partial charge in [0.05, 0.1) is 66.9 Å². The van der Waals surface area contributed by atoms with E-state index in [1.165, 1.54) is 61.4 Å². The molecular weight excluding hydrogens is 2110 g/mol. The number of ketones is 3. The minimum absolute atomic E-state index is 0.00830. The van der Waals surface area contributed by atoms with E-state index in [9.17, 15) is 74.2 Å². The standard InChI is InChI=1S/C28H30ClFN6O3SSi.C24H21ClFN5O3S.C21H23ClFN5O2.C18H17ClFN5O3.C10H11ClFN3O/c1-18-7-9-21(10-8-18)40(37,38)36-16-23(22-12-19(29)14-33-27(22)36)25-32-15-24(30)26(35-25)34-20-6-5-11-28(13-20,17-31)39-41(2,3)4;1-14-5-7-18(8-6-14)35(33,34)31-13-20(19-9-15(25)11-28-24(19)31)22-27-12-21(26)23(30-22)29-16-3-2-4-17(32)10-16;1-2-4-17(29)21(30)6-3-5-13(8-21)27-20-16(23)11-26-19(28-20)15-10-25-18-14(15)7-12(22)9-24-18;19-9-4-11-12(7-22-14(11)21-6-9)15-23-8-13(20)16(25-15)24-10-2-1-3-18(28,5-10)17(26)27;11-10-13-5-8(12)9(15-10)14-6-2-1-3-7(16)4-6/h7-10,12,14-16,20H,5-6,11,13H2,1-4H3,(H,32,34,35);5-9,11-13,16H,2-4,10H2,1H3,(H,27,29,30);7,9-11,13,30H,2-6,8H2,1H3,(H,24,25)(H,26,27,28);4,6-8,10,28H,1-3,5H2,(H,21,22)(H,26,27)(H,23,24,25);5-6H,1-4H2,(H,13,14,15)/t;;;10?,18-;/m...1./s1. The number of rotatable bonds is 24. The third-order valence-electron chi connectivity index (χ3n) is 25.9. The van der Waals surface area contributed by atoms with Crippen LogP contribution in [-0.2, 0) is 43.7 Å². The van der Waals surface area contributed by atoms with E-state index in [-0.39, 0.29) is 134 Å². The summed E-state index contributed by atoms with van der Waals surface area (Å²) in [4.78, 5) is 111. The molecule has 0 bridgehead atoms. The van der Waals surface area contributed by atoms with Crippen molar-refractivity contribution >= 4 is 183 Å². The van der Waals surface area contributed by atoms with Gasteiger partial charge in [0.15, 0.2) is 112 Å². The Bertz CT molecular complexity index is 7920. The zero-order chi connectivity index (χ0) is 107. The Balaban J connectivity index is 0.000000137. The van der Waals surface area contributed by atoms with Crippen LogP contribution in [0.4, 0.5) is 51.0 Å². The van der Waals surface area contributed by atoms with Gasteiger partial charge in [-0.1, -0.05) is 88.7 Å². The predicted octanol–water partition coefficient (Wildman–Crippen LogP) is 20.5. The zero-order valence-electron chi connectivity index (χ0n) is 81.6. The summed E-state index contributed by atoms with van der Waals surface area (Å²) < 4.78 is 134. The summed E-state index contributed by atoms with van der Waals surface area (Å²) in [5, 5.41) is 59.0. The van der Waals surface area contributed by atoms with E-state index < -0.39 is 86.3 Å². The average Bonchev–Trinajstić information content (AvgIpc) is 1.59. The molecule has 5 fully saturated rings. The molecule has 7 unspecified atom stereocenters. The summed E-state index contributed by atoms with van der Waals surface area (Å²) in [5.41, 5.74) is 1.15. The van der Waals surface area contributed by atoms with Crippen molar-refractivity contribution in [3.63, 3.8) is 0 Å². The van der Waals surface area contributed by atoms with Crippen molar-refractivity contribution in [1.29, 1.82) is 5.26 Å². The summed E-state index contributed by atoms with van der Waals surface area (Å²) in [6.07, 6.45) is 28.9. The first-order valence-electron chi connectivity index (χ1n) is 48.1. The molecule has 13 heterocycles. The van der Waals surface area contributed by atoms with Crippen LogP contribution in [0.3, 0.4) is 0 Å². The number of carbonyl (C=O) groups excluding carboxylic acids is 3. The number of benzene rings is 2. The lowest BCUT2D eigenvalue weighted by Crippen LogP contribution is -2.47. The van der Waals surface area contributed by atoms with E-state index in [1.807, 2.05) is 40.4 Å². The quantitative estimate of drug-likeness (QED) is 0.0153. The second-order valence-electron chi connectivity index (χ2n) is 38.4. The van der Waals surface area contributed by atoms with Crippen molar-refractivity contribution in [2.45, 2.75) is 238 Å². The summed E-state index contributed by atoms with van der Waals surface area (Å²) in [7, 11) is -10.0.